The van der Waals surface area contributed by atoms with Crippen LogP contribution in [0.1, 0.15) is 20.3 Å². The van der Waals surface area contributed by atoms with Crippen molar-refractivity contribution >= 4 is 23.8 Å². The van der Waals surface area contributed by atoms with Crippen LogP contribution in [-0.4, -0.2) is 53.0 Å². The van der Waals surface area contributed by atoms with E-state index in [-0.39, 0.29) is 18.2 Å². The van der Waals surface area contributed by atoms with Crippen LogP contribution in [0.15, 0.2) is 0 Å². The van der Waals surface area contributed by atoms with Gasteiger partial charge in [-0.15, -0.1) is 0 Å². The van der Waals surface area contributed by atoms with Gasteiger partial charge in [-0.25, -0.2) is 9.59 Å². The number of urea groups is 1. The number of hydrogen-bond acceptors (Lipinski definition) is 4. The summed E-state index contributed by atoms with van der Waals surface area (Å²) in [5.74, 6) is -2.34. The Morgan fingerprint density at radius 3 is 2.32 bits per heavy atom. The van der Waals surface area contributed by atoms with Crippen LogP contribution in [0.25, 0.3) is 0 Å². The molecule has 0 aromatic carbocycles. The van der Waals surface area contributed by atoms with Gasteiger partial charge in [-0.1, -0.05) is 13.8 Å². The van der Waals surface area contributed by atoms with Crippen molar-refractivity contribution in [2.24, 2.45) is 5.92 Å². The predicted molar refractivity (Wildman–Crippen MR) is 64.1 cm³/mol. The fourth-order valence-corrected chi connectivity index (χ4v) is 1.72. The molecule has 1 fully saturated rings. The first-order valence-electron chi connectivity index (χ1n) is 5.84. The van der Waals surface area contributed by atoms with Crippen LogP contribution in [0.4, 0.5) is 4.79 Å². The van der Waals surface area contributed by atoms with Gasteiger partial charge in [0.15, 0.2) is 0 Å². The van der Waals surface area contributed by atoms with Gasteiger partial charge in [0.25, 0.3) is 5.91 Å². The van der Waals surface area contributed by atoms with Crippen LogP contribution in [0.5, 0.6) is 0 Å². The largest absolute Gasteiger partial charge is 0.480 e. The molecule has 0 aromatic heterocycles. The number of carbonyl (C=O) groups excluding carboxylic acids is 3. The average molecular weight is 271 g/mol. The minimum Gasteiger partial charge on any atom is -0.480 e. The van der Waals surface area contributed by atoms with Crippen molar-refractivity contribution in [2.45, 2.75) is 32.4 Å². The normalized spacial score (nSPS) is 20.6. The lowest BCUT2D eigenvalue weighted by molar-refractivity contribution is -0.140. The number of rotatable bonds is 4. The van der Waals surface area contributed by atoms with Crippen molar-refractivity contribution in [1.82, 2.24) is 15.5 Å². The van der Waals surface area contributed by atoms with Crippen molar-refractivity contribution in [3.63, 3.8) is 0 Å². The molecular weight excluding hydrogens is 254 g/mol. The molecule has 1 aliphatic rings. The highest BCUT2D eigenvalue weighted by Crippen LogP contribution is 2.10. The highest BCUT2D eigenvalue weighted by Gasteiger charge is 2.37. The van der Waals surface area contributed by atoms with Crippen LogP contribution in [-0.2, 0) is 14.4 Å². The molecule has 0 aromatic rings. The van der Waals surface area contributed by atoms with Gasteiger partial charge in [-0.2, -0.15) is 0 Å². The van der Waals surface area contributed by atoms with Crippen molar-refractivity contribution in [2.75, 3.05) is 7.05 Å². The summed E-state index contributed by atoms with van der Waals surface area (Å²) in [5.41, 5.74) is 0. The Morgan fingerprint density at radius 2 is 1.95 bits per heavy atom. The number of carboxylic acid groups (broad SMARTS) is 1. The summed E-state index contributed by atoms with van der Waals surface area (Å²) in [6, 6.07) is -2.76. The van der Waals surface area contributed by atoms with E-state index in [0.717, 1.165) is 4.90 Å². The number of amides is 4. The third-order valence-corrected chi connectivity index (χ3v) is 2.91. The zero-order valence-electron chi connectivity index (χ0n) is 11.0. The summed E-state index contributed by atoms with van der Waals surface area (Å²) >= 11 is 0. The number of likely N-dealkylation sites (N-methyl/N-ethyl adjacent to an activating group) is 1. The summed E-state index contributed by atoms with van der Waals surface area (Å²) in [6.07, 6.45) is -0.109. The maximum absolute atomic E-state index is 11.6. The van der Waals surface area contributed by atoms with E-state index in [9.17, 15) is 19.2 Å². The summed E-state index contributed by atoms with van der Waals surface area (Å²) in [4.78, 5) is 46.3. The summed E-state index contributed by atoms with van der Waals surface area (Å²) < 4.78 is 0. The lowest BCUT2D eigenvalue weighted by atomic mass is 10.1. The van der Waals surface area contributed by atoms with Crippen LogP contribution < -0.4 is 10.6 Å². The maximum Gasteiger partial charge on any atom is 0.326 e. The average Bonchev–Trinajstić information content (AvgIpc) is 2.53. The maximum atomic E-state index is 11.6. The Bertz CT molecular complexity index is 421. The lowest BCUT2D eigenvalue weighted by Crippen LogP contribution is -2.52. The summed E-state index contributed by atoms with van der Waals surface area (Å²) in [5, 5.41) is 13.5. The van der Waals surface area contributed by atoms with Crippen LogP contribution in [0, 0.1) is 5.92 Å². The van der Waals surface area contributed by atoms with Gasteiger partial charge in [0.05, 0.1) is 6.42 Å². The number of carboxylic acids is 1. The number of nitrogens with zero attached hydrogens (tertiary/aromatic N) is 1. The van der Waals surface area contributed by atoms with Gasteiger partial charge in [0.1, 0.15) is 12.1 Å². The van der Waals surface area contributed by atoms with E-state index in [0.29, 0.717) is 0 Å². The van der Waals surface area contributed by atoms with Gasteiger partial charge < -0.3 is 15.7 Å². The van der Waals surface area contributed by atoms with E-state index in [1.54, 1.807) is 13.8 Å². The van der Waals surface area contributed by atoms with Gasteiger partial charge >= 0.3 is 12.0 Å². The molecule has 0 aliphatic carbocycles. The molecule has 1 heterocycles. The highest BCUT2D eigenvalue weighted by atomic mass is 16.4. The Kier molecular flexibility index (Phi) is 4.47. The molecule has 4 amide bonds. The number of hydrogen-bond donors (Lipinski definition) is 3. The standard InChI is InChI=1S/C11H17N3O5/c1-5(2)8(10(17)18)13-11(19)12-6-4-7(15)14(3)9(6)16/h5-6,8H,4H2,1-3H3,(H,17,18)(H2,12,13,19). The second-order valence-electron chi connectivity index (χ2n) is 4.73. The molecule has 1 saturated heterocycles. The topological polar surface area (TPSA) is 116 Å². The quantitative estimate of drug-likeness (QED) is 0.576. The number of imide groups is 1. The van der Waals surface area contributed by atoms with E-state index in [4.69, 9.17) is 5.11 Å². The number of aliphatic carboxylic acids is 1. The molecule has 8 heteroatoms. The zero-order valence-corrected chi connectivity index (χ0v) is 11.0. The molecular formula is C11H17N3O5. The third kappa shape index (κ3) is 3.43. The molecule has 2 atom stereocenters. The third-order valence-electron chi connectivity index (χ3n) is 2.91. The van der Waals surface area contributed by atoms with E-state index in [2.05, 4.69) is 10.6 Å². The van der Waals surface area contributed by atoms with Crippen LogP contribution in [0.3, 0.4) is 0 Å². The lowest BCUT2D eigenvalue weighted by Gasteiger charge is -2.19. The molecule has 1 rings (SSSR count). The van der Waals surface area contributed by atoms with Crippen LogP contribution in [0.2, 0.25) is 0 Å². The molecule has 0 spiro atoms. The summed E-state index contributed by atoms with van der Waals surface area (Å²) in [6.45, 7) is 3.30. The van der Waals surface area contributed by atoms with Gasteiger partial charge in [0.2, 0.25) is 5.91 Å². The first-order chi connectivity index (χ1) is 8.73. The molecule has 0 bridgehead atoms. The second kappa shape index (κ2) is 5.68. The predicted octanol–water partition coefficient (Wildman–Crippen LogP) is -0.848. The second-order valence-corrected chi connectivity index (χ2v) is 4.73. The molecule has 8 nitrogen and oxygen atoms in total. The van der Waals surface area contributed by atoms with Gasteiger partial charge in [-0.05, 0) is 5.92 Å². The van der Waals surface area contributed by atoms with Crippen molar-refractivity contribution in [3.8, 4) is 0 Å². The molecule has 0 radical (unpaired) electrons. The molecule has 106 valence electrons. The Balaban J connectivity index is 2.59. The number of nitrogens with one attached hydrogen (secondary N) is 2. The Morgan fingerprint density at radius 1 is 1.37 bits per heavy atom. The summed E-state index contributed by atoms with van der Waals surface area (Å²) in [7, 11) is 1.33. The van der Waals surface area contributed by atoms with Crippen molar-refractivity contribution in [3.05, 3.63) is 0 Å². The minimum atomic E-state index is -1.16. The Hall–Kier alpha value is -2.12. The molecule has 1 aliphatic heterocycles. The molecule has 0 saturated carbocycles. The van der Waals surface area contributed by atoms with Crippen molar-refractivity contribution in [1.29, 1.82) is 0 Å². The molecule has 2 unspecified atom stereocenters. The number of likely N-dealkylation sites (tertiary alicyclic amines) is 1. The van der Waals surface area contributed by atoms with E-state index >= 15 is 0 Å². The van der Waals surface area contributed by atoms with Crippen LogP contribution >= 0.6 is 0 Å². The molecule has 3 N–H and O–H groups in total. The first kappa shape index (κ1) is 14.9. The smallest absolute Gasteiger partial charge is 0.326 e. The highest BCUT2D eigenvalue weighted by molar-refractivity contribution is 6.06. The fourth-order valence-electron chi connectivity index (χ4n) is 1.72. The van der Waals surface area contributed by atoms with E-state index in [1.807, 2.05) is 0 Å². The number of carbonyl (C=O) groups is 4. The van der Waals surface area contributed by atoms with Gasteiger partial charge in [0, 0.05) is 7.05 Å². The fraction of sp³-hybridized carbons (Fsp3) is 0.636. The van der Waals surface area contributed by atoms with Gasteiger partial charge in [-0.3, -0.25) is 14.5 Å². The Labute approximate surface area is 110 Å². The zero-order chi connectivity index (χ0) is 14.7. The SMILES string of the molecule is CC(C)C(NC(=O)NC1CC(=O)N(C)C1=O)C(=O)O. The minimum absolute atomic E-state index is 0.109. The molecule has 19 heavy (non-hydrogen) atoms. The monoisotopic (exact) mass is 271 g/mol. The van der Waals surface area contributed by atoms with E-state index in [1.165, 1.54) is 7.05 Å². The first-order valence-corrected chi connectivity index (χ1v) is 5.84. The van der Waals surface area contributed by atoms with Crippen molar-refractivity contribution < 1.29 is 24.3 Å². The van der Waals surface area contributed by atoms with E-state index < -0.39 is 30.0 Å².